The fourth-order valence-electron chi connectivity index (χ4n) is 2.90. The maximum absolute atomic E-state index is 12.0. The quantitative estimate of drug-likeness (QED) is 0.690. The molecule has 0 aliphatic carbocycles. The molecule has 128 valence electrons. The molecule has 3 atom stereocenters. The van der Waals surface area contributed by atoms with Crippen molar-refractivity contribution in [2.45, 2.75) is 24.6 Å². The van der Waals surface area contributed by atoms with Gasteiger partial charge in [-0.3, -0.25) is 9.69 Å². The highest BCUT2D eigenvalue weighted by atomic mass is 32.2. The number of sulfone groups is 1. The molecule has 2 saturated heterocycles. The van der Waals surface area contributed by atoms with Gasteiger partial charge in [0.05, 0.1) is 19.8 Å². The van der Waals surface area contributed by atoms with Gasteiger partial charge in [0.25, 0.3) is 0 Å². The van der Waals surface area contributed by atoms with E-state index in [-0.39, 0.29) is 6.04 Å². The molecule has 2 rings (SSSR count). The third-order valence-corrected chi connectivity index (χ3v) is 6.02. The summed E-state index contributed by atoms with van der Waals surface area (Å²) in [7, 11) is -3.36. The Labute approximate surface area is 132 Å². The number of hydrogen-bond acceptors (Lipinski definition) is 6. The summed E-state index contributed by atoms with van der Waals surface area (Å²) in [5.41, 5.74) is 0. The van der Waals surface area contributed by atoms with Gasteiger partial charge < -0.3 is 14.8 Å². The van der Waals surface area contributed by atoms with Crippen molar-refractivity contribution in [1.82, 2.24) is 10.2 Å². The van der Waals surface area contributed by atoms with Crippen LogP contribution in [0, 0.1) is 5.92 Å². The van der Waals surface area contributed by atoms with Crippen molar-refractivity contribution >= 4 is 15.7 Å². The normalized spacial score (nSPS) is 26.5. The molecule has 0 spiro atoms. The van der Waals surface area contributed by atoms with Gasteiger partial charge in [0.1, 0.15) is 5.25 Å². The first-order valence-electron chi connectivity index (χ1n) is 7.75. The molecular formula is C14H26N2O5S. The monoisotopic (exact) mass is 334 g/mol. The smallest absolute Gasteiger partial charge is 0.238 e. The molecule has 0 bridgehead atoms. The fourth-order valence-corrected chi connectivity index (χ4v) is 3.37. The van der Waals surface area contributed by atoms with Crippen molar-refractivity contribution in [3.8, 4) is 0 Å². The summed E-state index contributed by atoms with van der Waals surface area (Å²) in [5.74, 6) is -0.0633. The number of rotatable bonds is 6. The first-order valence-corrected chi connectivity index (χ1v) is 9.71. The Kier molecular flexibility index (Phi) is 6.19. The summed E-state index contributed by atoms with van der Waals surface area (Å²) in [5, 5.41) is 1.79. The Balaban J connectivity index is 1.95. The summed E-state index contributed by atoms with van der Waals surface area (Å²) < 4.78 is 33.8. The summed E-state index contributed by atoms with van der Waals surface area (Å²) in [6.45, 7) is 6.37. The minimum Gasteiger partial charge on any atom is -0.381 e. The SMILES string of the molecule is C[C@H](C(=O)NC[C@@H]([C@@H]1CCOC1)N1CCOCC1)S(C)(=O)=O. The first kappa shape index (κ1) is 17.7. The first-order chi connectivity index (χ1) is 10.4. The van der Waals surface area contributed by atoms with E-state index < -0.39 is 21.0 Å². The second-order valence-electron chi connectivity index (χ2n) is 6.06. The molecule has 2 aliphatic rings. The van der Waals surface area contributed by atoms with Crippen LogP contribution >= 0.6 is 0 Å². The van der Waals surface area contributed by atoms with Crippen molar-refractivity contribution in [2.24, 2.45) is 5.92 Å². The van der Waals surface area contributed by atoms with E-state index in [9.17, 15) is 13.2 Å². The van der Waals surface area contributed by atoms with Crippen LogP contribution in [0.4, 0.5) is 0 Å². The highest BCUT2D eigenvalue weighted by Gasteiger charge is 2.32. The van der Waals surface area contributed by atoms with Crippen LogP contribution in [-0.4, -0.2) is 82.8 Å². The molecule has 0 radical (unpaired) electrons. The number of morpholine rings is 1. The molecule has 2 heterocycles. The van der Waals surface area contributed by atoms with Crippen molar-refractivity contribution < 1.29 is 22.7 Å². The van der Waals surface area contributed by atoms with E-state index in [1.54, 1.807) is 0 Å². The standard InChI is InChI=1S/C14H26N2O5S/c1-11(22(2,18)19)14(17)15-9-13(12-3-6-21-10-12)16-4-7-20-8-5-16/h11-13H,3-10H2,1-2H3,(H,15,17)/t11-,12-,13+/m1/s1. The molecular weight excluding hydrogens is 308 g/mol. The van der Waals surface area contributed by atoms with E-state index in [4.69, 9.17) is 9.47 Å². The van der Waals surface area contributed by atoms with Crippen molar-refractivity contribution in [3.63, 3.8) is 0 Å². The van der Waals surface area contributed by atoms with Crippen molar-refractivity contribution in [2.75, 3.05) is 52.3 Å². The maximum atomic E-state index is 12.0. The number of ether oxygens (including phenoxy) is 2. The zero-order valence-corrected chi connectivity index (χ0v) is 14.1. The van der Waals surface area contributed by atoms with Crippen LogP contribution in [0.5, 0.6) is 0 Å². The topological polar surface area (TPSA) is 84.9 Å². The van der Waals surface area contributed by atoms with E-state index in [0.29, 0.717) is 32.3 Å². The van der Waals surface area contributed by atoms with Crippen LogP contribution in [0.1, 0.15) is 13.3 Å². The number of carbonyl (C=O) groups is 1. The minimum atomic E-state index is -3.36. The lowest BCUT2D eigenvalue weighted by molar-refractivity contribution is -0.120. The summed E-state index contributed by atoms with van der Waals surface area (Å²) in [6, 6.07) is 0.169. The minimum absolute atomic E-state index is 0.169. The van der Waals surface area contributed by atoms with Crippen LogP contribution in [0.15, 0.2) is 0 Å². The van der Waals surface area contributed by atoms with E-state index in [0.717, 1.165) is 32.4 Å². The molecule has 7 nitrogen and oxygen atoms in total. The largest absolute Gasteiger partial charge is 0.381 e. The van der Waals surface area contributed by atoms with Gasteiger partial charge in [0.2, 0.25) is 5.91 Å². The second-order valence-corrected chi connectivity index (χ2v) is 8.42. The Bertz CT molecular complexity index is 470. The Morgan fingerprint density at radius 1 is 1.27 bits per heavy atom. The van der Waals surface area contributed by atoms with E-state index in [1.165, 1.54) is 6.92 Å². The zero-order chi connectivity index (χ0) is 16.2. The average Bonchev–Trinajstić information content (AvgIpc) is 3.00. The zero-order valence-electron chi connectivity index (χ0n) is 13.3. The fraction of sp³-hybridized carbons (Fsp3) is 0.929. The molecule has 2 aliphatic heterocycles. The average molecular weight is 334 g/mol. The van der Waals surface area contributed by atoms with Gasteiger partial charge in [-0.1, -0.05) is 0 Å². The van der Waals surface area contributed by atoms with E-state index >= 15 is 0 Å². The third kappa shape index (κ3) is 4.65. The molecule has 0 aromatic heterocycles. The number of hydrogen-bond donors (Lipinski definition) is 1. The Hall–Kier alpha value is -0.700. The van der Waals surface area contributed by atoms with Crippen molar-refractivity contribution in [1.29, 1.82) is 0 Å². The van der Waals surface area contributed by atoms with Crippen LogP contribution in [0.2, 0.25) is 0 Å². The van der Waals surface area contributed by atoms with Gasteiger partial charge >= 0.3 is 0 Å². The van der Waals surface area contributed by atoms with E-state index in [2.05, 4.69) is 10.2 Å². The van der Waals surface area contributed by atoms with Gasteiger partial charge in [0.15, 0.2) is 9.84 Å². The molecule has 0 unspecified atom stereocenters. The van der Waals surface area contributed by atoms with Gasteiger partial charge in [0, 0.05) is 44.5 Å². The van der Waals surface area contributed by atoms with Gasteiger partial charge in [-0.15, -0.1) is 0 Å². The second kappa shape index (κ2) is 7.72. The molecule has 0 aromatic carbocycles. The molecule has 1 N–H and O–H groups in total. The predicted octanol–water partition coefficient (Wildman–Crippen LogP) is -0.727. The Morgan fingerprint density at radius 3 is 2.50 bits per heavy atom. The molecule has 0 saturated carbocycles. The predicted molar refractivity (Wildman–Crippen MR) is 82.4 cm³/mol. The molecule has 1 amide bonds. The van der Waals surface area contributed by atoms with E-state index in [1.807, 2.05) is 0 Å². The molecule has 2 fully saturated rings. The maximum Gasteiger partial charge on any atom is 0.238 e. The summed E-state index contributed by atoms with van der Waals surface area (Å²) in [4.78, 5) is 14.3. The third-order valence-electron chi connectivity index (χ3n) is 4.52. The van der Waals surface area contributed by atoms with Crippen molar-refractivity contribution in [3.05, 3.63) is 0 Å². The molecule has 0 aromatic rings. The van der Waals surface area contributed by atoms with Crippen LogP contribution in [0.3, 0.4) is 0 Å². The molecule has 22 heavy (non-hydrogen) atoms. The van der Waals surface area contributed by atoms with Gasteiger partial charge in [-0.2, -0.15) is 0 Å². The van der Waals surface area contributed by atoms with Crippen LogP contribution in [0.25, 0.3) is 0 Å². The lowest BCUT2D eigenvalue weighted by Crippen LogP contribution is -2.53. The number of amides is 1. The van der Waals surface area contributed by atoms with Gasteiger partial charge in [-0.05, 0) is 13.3 Å². The number of nitrogens with zero attached hydrogens (tertiary/aromatic N) is 1. The van der Waals surface area contributed by atoms with Crippen LogP contribution < -0.4 is 5.32 Å². The lowest BCUT2D eigenvalue weighted by Gasteiger charge is -2.37. The number of nitrogens with one attached hydrogen (secondary N) is 1. The lowest BCUT2D eigenvalue weighted by atomic mass is 9.97. The Morgan fingerprint density at radius 2 is 1.95 bits per heavy atom. The summed E-state index contributed by atoms with van der Waals surface area (Å²) in [6.07, 6.45) is 2.06. The highest BCUT2D eigenvalue weighted by Crippen LogP contribution is 2.21. The summed E-state index contributed by atoms with van der Waals surface area (Å²) >= 11 is 0. The van der Waals surface area contributed by atoms with Gasteiger partial charge in [-0.25, -0.2) is 8.42 Å². The van der Waals surface area contributed by atoms with Crippen LogP contribution in [-0.2, 0) is 24.1 Å². The highest BCUT2D eigenvalue weighted by molar-refractivity contribution is 7.92. The number of carbonyl (C=O) groups excluding carboxylic acids is 1. The molecule has 8 heteroatoms.